The SMILES string of the molecule is COc1ccc(NS(=O)(=O)c2cc(-c3nnc(C4CC4)o3)cs2)cc1. The number of nitrogens with zero attached hydrogens (tertiary/aromatic N) is 2. The largest absolute Gasteiger partial charge is 0.497 e. The smallest absolute Gasteiger partial charge is 0.271 e. The summed E-state index contributed by atoms with van der Waals surface area (Å²) in [6.45, 7) is 0. The van der Waals surface area contributed by atoms with E-state index < -0.39 is 10.0 Å². The lowest BCUT2D eigenvalue weighted by atomic mass is 10.3. The normalized spacial score (nSPS) is 14.4. The number of benzene rings is 1. The molecule has 1 aliphatic carbocycles. The fourth-order valence-electron chi connectivity index (χ4n) is 2.28. The Morgan fingerprint density at radius 1 is 1.24 bits per heavy atom. The van der Waals surface area contributed by atoms with Crippen molar-refractivity contribution in [1.29, 1.82) is 0 Å². The molecule has 0 unspecified atom stereocenters. The Morgan fingerprint density at radius 2 is 2.00 bits per heavy atom. The van der Waals surface area contributed by atoms with Crippen LogP contribution in [-0.4, -0.2) is 25.7 Å². The van der Waals surface area contributed by atoms with Crippen molar-refractivity contribution < 1.29 is 17.6 Å². The number of ether oxygens (including phenoxy) is 1. The standard InChI is InChI=1S/C16H15N3O4S2/c1-22-13-6-4-12(5-7-13)19-25(20,21)14-8-11(9-24-14)16-18-17-15(23-16)10-2-3-10/h4-10,19H,2-3H2,1H3. The monoisotopic (exact) mass is 377 g/mol. The van der Waals surface area contributed by atoms with Gasteiger partial charge in [-0.25, -0.2) is 8.42 Å². The predicted octanol–water partition coefficient (Wildman–Crippen LogP) is 3.48. The van der Waals surface area contributed by atoms with E-state index in [0.717, 1.165) is 24.2 Å². The van der Waals surface area contributed by atoms with E-state index in [1.54, 1.807) is 42.8 Å². The molecule has 130 valence electrons. The zero-order valence-corrected chi connectivity index (χ0v) is 14.9. The molecular weight excluding hydrogens is 362 g/mol. The highest BCUT2D eigenvalue weighted by Crippen LogP contribution is 2.40. The molecule has 0 amide bonds. The van der Waals surface area contributed by atoms with E-state index in [1.807, 2.05) is 0 Å². The van der Waals surface area contributed by atoms with Crippen LogP contribution >= 0.6 is 11.3 Å². The molecule has 1 fully saturated rings. The number of aromatic nitrogens is 2. The van der Waals surface area contributed by atoms with Crippen LogP contribution in [0.4, 0.5) is 5.69 Å². The Balaban J connectivity index is 1.54. The van der Waals surface area contributed by atoms with Gasteiger partial charge in [0.1, 0.15) is 9.96 Å². The summed E-state index contributed by atoms with van der Waals surface area (Å²) >= 11 is 1.11. The van der Waals surface area contributed by atoms with E-state index in [2.05, 4.69) is 14.9 Å². The Hall–Kier alpha value is -2.39. The Kier molecular flexibility index (Phi) is 3.97. The molecule has 9 heteroatoms. The van der Waals surface area contributed by atoms with Gasteiger partial charge in [-0.1, -0.05) is 0 Å². The number of methoxy groups -OCH3 is 1. The van der Waals surface area contributed by atoms with Crippen molar-refractivity contribution in [2.45, 2.75) is 23.0 Å². The Morgan fingerprint density at radius 3 is 2.68 bits per heavy atom. The van der Waals surface area contributed by atoms with Crippen molar-refractivity contribution in [3.05, 3.63) is 41.6 Å². The fourth-order valence-corrected chi connectivity index (χ4v) is 4.49. The van der Waals surface area contributed by atoms with Crippen LogP contribution in [0, 0.1) is 0 Å². The van der Waals surface area contributed by atoms with Crippen LogP contribution in [-0.2, 0) is 10.0 Å². The third kappa shape index (κ3) is 3.38. The first-order chi connectivity index (χ1) is 12.0. The summed E-state index contributed by atoms with van der Waals surface area (Å²) in [6.07, 6.45) is 2.13. The average molecular weight is 377 g/mol. The first-order valence-corrected chi connectivity index (χ1v) is 10.0. The molecule has 3 aromatic rings. The number of sulfonamides is 1. The minimum Gasteiger partial charge on any atom is -0.497 e. The number of nitrogens with one attached hydrogen (secondary N) is 1. The van der Waals surface area contributed by atoms with Crippen molar-refractivity contribution in [1.82, 2.24) is 10.2 Å². The van der Waals surface area contributed by atoms with Crippen LogP contribution in [0.2, 0.25) is 0 Å². The summed E-state index contributed by atoms with van der Waals surface area (Å²) in [5.74, 6) is 2.00. The molecule has 0 bridgehead atoms. The Bertz CT molecular complexity index is 989. The topological polar surface area (TPSA) is 94.3 Å². The quantitative estimate of drug-likeness (QED) is 0.707. The molecule has 7 nitrogen and oxygen atoms in total. The summed E-state index contributed by atoms with van der Waals surface area (Å²) in [5.41, 5.74) is 1.07. The van der Waals surface area contributed by atoms with Crippen LogP contribution in [0.5, 0.6) is 5.75 Å². The lowest BCUT2D eigenvalue weighted by molar-refractivity contribution is 0.415. The molecule has 0 saturated heterocycles. The molecule has 1 aromatic carbocycles. The Labute approximate surface area is 148 Å². The van der Waals surface area contributed by atoms with E-state index in [1.165, 1.54) is 0 Å². The van der Waals surface area contributed by atoms with Gasteiger partial charge in [-0.3, -0.25) is 4.72 Å². The van der Waals surface area contributed by atoms with Gasteiger partial charge in [0.25, 0.3) is 10.0 Å². The zero-order chi connectivity index (χ0) is 17.4. The molecule has 0 spiro atoms. The number of rotatable bonds is 6. The van der Waals surface area contributed by atoms with Gasteiger partial charge < -0.3 is 9.15 Å². The molecule has 1 saturated carbocycles. The lowest BCUT2D eigenvalue weighted by Gasteiger charge is -2.06. The van der Waals surface area contributed by atoms with Gasteiger partial charge in [-0.05, 0) is 43.2 Å². The first-order valence-electron chi connectivity index (χ1n) is 7.64. The van der Waals surface area contributed by atoms with Gasteiger partial charge in [0.2, 0.25) is 11.8 Å². The van der Waals surface area contributed by atoms with E-state index in [0.29, 0.717) is 34.7 Å². The van der Waals surface area contributed by atoms with Gasteiger partial charge in [0, 0.05) is 17.0 Å². The molecule has 1 aliphatic rings. The molecule has 0 atom stereocenters. The van der Waals surface area contributed by atoms with Crippen LogP contribution < -0.4 is 9.46 Å². The number of thiophene rings is 1. The molecule has 1 N–H and O–H groups in total. The van der Waals surface area contributed by atoms with Crippen LogP contribution in [0.15, 0.2) is 44.3 Å². The molecule has 4 rings (SSSR count). The number of hydrogen-bond acceptors (Lipinski definition) is 7. The van der Waals surface area contributed by atoms with Gasteiger partial charge in [-0.2, -0.15) is 0 Å². The summed E-state index contributed by atoms with van der Waals surface area (Å²) in [7, 11) is -2.13. The first kappa shape index (κ1) is 16.1. The average Bonchev–Trinajstić information content (AvgIpc) is 3.12. The number of hydrogen-bond donors (Lipinski definition) is 1. The van der Waals surface area contributed by atoms with Crippen molar-refractivity contribution >= 4 is 27.0 Å². The molecule has 0 aliphatic heterocycles. The van der Waals surface area contributed by atoms with Gasteiger partial charge in [0.15, 0.2) is 0 Å². The third-order valence-corrected chi connectivity index (χ3v) is 6.62. The number of anilines is 1. The molecule has 0 radical (unpaired) electrons. The predicted molar refractivity (Wildman–Crippen MR) is 93.4 cm³/mol. The van der Waals surface area contributed by atoms with Gasteiger partial charge in [0.05, 0.1) is 12.7 Å². The molecule has 2 aromatic heterocycles. The van der Waals surface area contributed by atoms with Gasteiger partial charge >= 0.3 is 0 Å². The summed E-state index contributed by atoms with van der Waals surface area (Å²) in [4.78, 5) is 0. The third-order valence-electron chi connectivity index (χ3n) is 3.80. The summed E-state index contributed by atoms with van der Waals surface area (Å²) in [5, 5.41) is 9.73. The maximum atomic E-state index is 12.5. The van der Waals surface area contributed by atoms with Crippen LogP contribution in [0.3, 0.4) is 0 Å². The summed E-state index contributed by atoms with van der Waals surface area (Å²) in [6, 6.07) is 8.21. The highest BCUT2D eigenvalue weighted by Gasteiger charge is 2.30. The molecule has 2 heterocycles. The zero-order valence-electron chi connectivity index (χ0n) is 13.3. The van der Waals surface area contributed by atoms with Crippen molar-refractivity contribution in [3.63, 3.8) is 0 Å². The second-order valence-electron chi connectivity index (χ2n) is 5.71. The minimum atomic E-state index is -3.68. The molecular formula is C16H15N3O4S2. The summed E-state index contributed by atoms with van der Waals surface area (Å²) < 4.78 is 38.5. The maximum absolute atomic E-state index is 12.5. The molecule has 25 heavy (non-hydrogen) atoms. The second-order valence-corrected chi connectivity index (χ2v) is 8.53. The van der Waals surface area contributed by atoms with E-state index in [4.69, 9.17) is 9.15 Å². The van der Waals surface area contributed by atoms with Crippen LogP contribution in [0.25, 0.3) is 11.5 Å². The second kappa shape index (κ2) is 6.16. The van der Waals surface area contributed by atoms with Gasteiger partial charge in [-0.15, -0.1) is 21.5 Å². The highest BCUT2D eigenvalue weighted by molar-refractivity contribution is 7.94. The fraction of sp³-hybridized carbons (Fsp3) is 0.250. The highest BCUT2D eigenvalue weighted by atomic mass is 32.2. The van der Waals surface area contributed by atoms with Crippen LogP contribution in [0.1, 0.15) is 24.7 Å². The van der Waals surface area contributed by atoms with Crippen molar-refractivity contribution in [3.8, 4) is 17.2 Å². The maximum Gasteiger partial charge on any atom is 0.271 e. The lowest BCUT2D eigenvalue weighted by Crippen LogP contribution is -2.11. The minimum absolute atomic E-state index is 0.185. The van der Waals surface area contributed by atoms with E-state index in [9.17, 15) is 8.42 Å². The van der Waals surface area contributed by atoms with Crippen molar-refractivity contribution in [2.24, 2.45) is 0 Å². The van der Waals surface area contributed by atoms with Crippen molar-refractivity contribution in [2.75, 3.05) is 11.8 Å². The van der Waals surface area contributed by atoms with E-state index in [-0.39, 0.29) is 4.21 Å². The van der Waals surface area contributed by atoms with E-state index >= 15 is 0 Å².